The van der Waals surface area contributed by atoms with Crippen LogP contribution in [0.4, 0.5) is 5.69 Å². The highest BCUT2D eigenvalue weighted by atomic mass is 16.2. The van der Waals surface area contributed by atoms with Crippen LogP contribution in [0, 0.1) is 6.92 Å². The molecule has 0 radical (unpaired) electrons. The molecule has 2 aliphatic rings. The molecule has 1 saturated heterocycles. The highest BCUT2D eigenvalue weighted by Gasteiger charge is 2.39. The van der Waals surface area contributed by atoms with Crippen molar-refractivity contribution < 1.29 is 4.79 Å². The number of amides is 1. The first-order chi connectivity index (χ1) is 8.68. The SMILES string of the molecule is Cc1ccc2c(c1)N(C)C(=O)C2N1CCNCC1. The predicted octanol–water partition coefficient (Wildman–Crippen LogP) is 0.918. The zero-order valence-corrected chi connectivity index (χ0v) is 10.9. The van der Waals surface area contributed by atoms with E-state index in [2.05, 4.69) is 35.3 Å². The van der Waals surface area contributed by atoms with E-state index in [-0.39, 0.29) is 11.9 Å². The molecule has 1 N–H and O–H groups in total. The first-order valence-corrected chi connectivity index (χ1v) is 6.51. The molecular formula is C14H19N3O. The predicted molar refractivity (Wildman–Crippen MR) is 71.8 cm³/mol. The fourth-order valence-corrected chi connectivity index (χ4v) is 2.90. The van der Waals surface area contributed by atoms with Gasteiger partial charge in [0.1, 0.15) is 6.04 Å². The van der Waals surface area contributed by atoms with E-state index < -0.39 is 0 Å². The molecule has 1 atom stereocenters. The number of aryl methyl sites for hydroxylation is 1. The fraction of sp³-hybridized carbons (Fsp3) is 0.500. The lowest BCUT2D eigenvalue weighted by Crippen LogP contribution is -2.47. The number of benzene rings is 1. The number of likely N-dealkylation sites (N-methyl/N-ethyl adjacent to an activating group) is 1. The van der Waals surface area contributed by atoms with Crippen LogP contribution in [0.25, 0.3) is 0 Å². The number of carbonyl (C=O) groups excluding carboxylic acids is 1. The number of fused-ring (bicyclic) bond motifs is 1. The highest BCUT2D eigenvalue weighted by Crippen LogP contribution is 2.38. The van der Waals surface area contributed by atoms with Crippen molar-refractivity contribution in [2.45, 2.75) is 13.0 Å². The monoisotopic (exact) mass is 245 g/mol. The molecule has 0 bridgehead atoms. The van der Waals surface area contributed by atoms with Gasteiger partial charge < -0.3 is 10.2 Å². The van der Waals surface area contributed by atoms with Gasteiger partial charge >= 0.3 is 0 Å². The molecule has 4 nitrogen and oxygen atoms in total. The van der Waals surface area contributed by atoms with Gasteiger partial charge in [0.2, 0.25) is 5.91 Å². The Morgan fingerprint density at radius 3 is 2.72 bits per heavy atom. The largest absolute Gasteiger partial charge is 0.314 e. The molecular weight excluding hydrogens is 226 g/mol. The molecule has 1 fully saturated rings. The normalized spacial score (nSPS) is 24.4. The average molecular weight is 245 g/mol. The van der Waals surface area contributed by atoms with E-state index in [9.17, 15) is 4.79 Å². The molecule has 1 amide bonds. The highest BCUT2D eigenvalue weighted by molar-refractivity contribution is 6.04. The van der Waals surface area contributed by atoms with Crippen LogP contribution < -0.4 is 10.2 Å². The van der Waals surface area contributed by atoms with Gasteiger partial charge in [-0.3, -0.25) is 9.69 Å². The standard InChI is InChI=1S/C14H19N3O/c1-10-3-4-11-12(9-10)16(2)14(18)13(11)17-7-5-15-6-8-17/h3-4,9,13,15H,5-8H2,1-2H3. The summed E-state index contributed by atoms with van der Waals surface area (Å²) in [4.78, 5) is 16.5. The van der Waals surface area contributed by atoms with Crippen molar-refractivity contribution in [3.05, 3.63) is 29.3 Å². The van der Waals surface area contributed by atoms with Gasteiger partial charge in [-0.15, -0.1) is 0 Å². The number of anilines is 1. The van der Waals surface area contributed by atoms with E-state index in [4.69, 9.17) is 0 Å². The van der Waals surface area contributed by atoms with Crippen molar-refractivity contribution >= 4 is 11.6 Å². The smallest absolute Gasteiger partial charge is 0.248 e. The van der Waals surface area contributed by atoms with Crippen LogP contribution in [0.2, 0.25) is 0 Å². The van der Waals surface area contributed by atoms with Gasteiger partial charge in [0.15, 0.2) is 0 Å². The molecule has 1 aromatic carbocycles. The maximum absolute atomic E-state index is 12.4. The summed E-state index contributed by atoms with van der Waals surface area (Å²) in [6.45, 7) is 5.88. The number of nitrogens with one attached hydrogen (secondary N) is 1. The van der Waals surface area contributed by atoms with Gasteiger partial charge in [0.25, 0.3) is 0 Å². The van der Waals surface area contributed by atoms with Crippen LogP contribution in [0.5, 0.6) is 0 Å². The van der Waals surface area contributed by atoms with Crippen LogP contribution >= 0.6 is 0 Å². The number of carbonyl (C=O) groups is 1. The minimum Gasteiger partial charge on any atom is -0.314 e. The molecule has 4 heteroatoms. The third-order valence-electron chi connectivity index (χ3n) is 3.92. The maximum Gasteiger partial charge on any atom is 0.248 e. The minimum absolute atomic E-state index is 0.0762. The lowest BCUT2D eigenvalue weighted by molar-refractivity contribution is -0.123. The van der Waals surface area contributed by atoms with Gasteiger partial charge in [-0.1, -0.05) is 12.1 Å². The summed E-state index contributed by atoms with van der Waals surface area (Å²) in [6, 6.07) is 6.24. The number of rotatable bonds is 1. The van der Waals surface area contributed by atoms with E-state index in [0.29, 0.717) is 0 Å². The molecule has 0 spiro atoms. The van der Waals surface area contributed by atoms with Crippen molar-refractivity contribution in [3.63, 3.8) is 0 Å². The van der Waals surface area contributed by atoms with Crippen LogP contribution in [0.1, 0.15) is 17.2 Å². The summed E-state index contributed by atoms with van der Waals surface area (Å²) in [5.74, 6) is 0.206. The van der Waals surface area contributed by atoms with Crippen molar-refractivity contribution in [2.75, 3.05) is 38.1 Å². The Balaban J connectivity index is 1.98. The third-order valence-corrected chi connectivity index (χ3v) is 3.92. The van der Waals surface area contributed by atoms with E-state index >= 15 is 0 Å². The molecule has 0 aliphatic carbocycles. The summed E-state index contributed by atoms with van der Waals surface area (Å²) in [5.41, 5.74) is 3.44. The van der Waals surface area contributed by atoms with Crippen molar-refractivity contribution in [2.24, 2.45) is 0 Å². The molecule has 0 saturated carbocycles. The molecule has 3 rings (SSSR count). The Morgan fingerprint density at radius 2 is 2.00 bits per heavy atom. The van der Waals surface area contributed by atoms with Crippen LogP contribution in [0.15, 0.2) is 18.2 Å². The second-order valence-electron chi connectivity index (χ2n) is 5.15. The summed E-state index contributed by atoms with van der Waals surface area (Å²) >= 11 is 0. The molecule has 18 heavy (non-hydrogen) atoms. The van der Waals surface area contributed by atoms with Gasteiger partial charge in [0.05, 0.1) is 0 Å². The molecule has 0 aromatic heterocycles. The Bertz CT molecular complexity index is 480. The number of hydrogen-bond donors (Lipinski definition) is 1. The molecule has 1 aromatic rings. The average Bonchev–Trinajstić information content (AvgIpc) is 2.64. The number of piperazine rings is 1. The summed E-state index contributed by atoms with van der Waals surface area (Å²) in [7, 11) is 1.88. The molecule has 2 aliphatic heterocycles. The van der Waals surface area contributed by atoms with Crippen LogP contribution in [0.3, 0.4) is 0 Å². The Hall–Kier alpha value is -1.39. The van der Waals surface area contributed by atoms with Crippen molar-refractivity contribution in [1.82, 2.24) is 10.2 Å². The number of nitrogens with zero attached hydrogens (tertiary/aromatic N) is 2. The van der Waals surface area contributed by atoms with Gasteiger partial charge in [-0.2, -0.15) is 0 Å². The topological polar surface area (TPSA) is 35.6 Å². The van der Waals surface area contributed by atoms with Gasteiger partial charge in [0, 0.05) is 44.5 Å². The summed E-state index contributed by atoms with van der Waals surface area (Å²) in [5, 5.41) is 3.33. The van der Waals surface area contributed by atoms with E-state index in [1.165, 1.54) is 5.56 Å². The summed E-state index contributed by atoms with van der Waals surface area (Å²) < 4.78 is 0. The van der Waals surface area contributed by atoms with Crippen LogP contribution in [-0.4, -0.2) is 44.0 Å². The first kappa shape index (κ1) is 11.7. The zero-order valence-electron chi connectivity index (χ0n) is 10.9. The zero-order chi connectivity index (χ0) is 12.7. The lowest BCUT2D eigenvalue weighted by atomic mass is 10.0. The second-order valence-corrected chi connectivity index (χ2v) is 5.15. The van der Waals surface area contributed by atoms with Gasteiger partial charge in [-0.25, -0.2) is 0 Å². The second kappa shape index (κ2) is 4.37. The van der Waals surface area contributed by atoms with Gasteiger partial charge in [-0.05, 0) is 18.6 Å². The van der Waals surface area contributed by atoms with Crippen molar-refractivity contribution in [1.29, 1.82) is 0 Å². The Kier molecular flexibility index (Phi) is 2.84. The minimum atomic E-state index is -0.0762. The van der Waals surface area contributed by atoms with E-state index in [0.717, 1.165) is 37.4 Å². The van der Waals surface area contributed by atoms with E-state index in [1.807, 2.05) is 7.05 Å². The number of hydrogen-bond acceptors (Lipinski definition) is 3. The Morgan fingerprint density at radius 1 is 1.28 bits per heavy atom. The quantitative estimate of drug-likeness (QED) is 0.799. The fourth-order valence-electron chi connectivity index (χ4n) is 2.90. The lowest BCUT2D eigenvalue weighted by Gasteiger charge is -2.31. The molecule has 2 heterocycles. The molecule has 1 unspecified atom stereocenters. The van der Waals surface area contributed by atoms with Crippen LogP contribution in [-0.2, 0) is 4.79 Å². The van der Waals surface area contributed by atoms with Crippen molar-refractivity contribution in [3.8, 4) is 0 Å². The van der Waals surface area contributed by atoms with E-state index in [1.54, 1.807) is 4.90 Å². The molecule has 96 valence electrons. The maximum atomic E-state index is 12.4. The first-order valence-electron chi connectivity index (χ1n) is 6.51. The Labute approximate surface area is 108 Å². The third kappa shape index (κ3) is 1.72. The summed E-state index contributed by atoms with van der Waals surface area (Å²) in [6.07, 6.45) is 0.